The van der Waals surface area contributed by atoms with Crippen LogP contribution in [0.3, 0.4) is 0 Å². The molecular weight excluding hydrogens is 480 g/mol. The van der Waals surface area contributed by atoms with Gasteiger partial charge < -0.3 is 5.73 Å². The molecule has 1 aliphatic heterocycles. The number of non-ortho nitro benzene ring substituents is 1. The minimum Gasteiger partial charge on any atom is -0.384 e. The standard InChI is InChI=1S/C22H19BrN4O3S/c1-22(2)9-15-20(16(28)10-22)19(17-7-8-18(23)31-17)14(11-24)21(25)26(15)12-3-5-13(6-4-12)27(29)30/h3-8,19H,9-10,25H2,1-2H3/t19-/m1/s1. The molecule has 0 fully saturated rings. The second-order valence-corrected chi connectivity index (χ2v) is 10.9. The van der Waals surface area contributed by atoms with Crippen LogP contribution in [0, 0.1) is 26.9 Å². The highest BCUT2D eigenvalue weighted by Crippen LogP contribution is 2.51. The summed E-state index contributed by atoms with van der Waals surface area (Å²) in [5, 5.41) is 21.1. The maximum atomic E-state index is 13.4. The van der Waals surface area contributed by atoms with Crippen LogP contribution in [-0.4, -0.2) is 10.7 Å². The first kappa shape index (κ1) is 21.3. The minimum atomic E-state index is -0.519. The van der Waals surface area contributed by atoms with Gasteiger partial charge in [-0.2, -0.15) is 5.26 Å². The van der Waals surface area contributed by atoms with E-state index in [4.69, 9.17) is 5.73 Å². The number of carbonyl (C=O) groups is 1. The minimum absolute atomic E-state index is 0.00654. The Labute approximate surface area is 191 Å². The van der Waals surface area contributed by atoms with E-state index in [0.29, 0.717) is 29.7 Å². The van der Waals surface area contributed by atoms with Gasteiger partial charge in [0.05, 0.1) is 26.3 Å². The summed E-state index contributed by atoms with van der Waals surface area (Å²) in [5.74, 6) is -0.280. The molecule has 0 saturated heterocycles. The van der Waals surface area contributed by atoms with E-state index in [2.05, 4.69) is 22.0 Å². The summed E-state index contributed by atoms with van der Waals surface area (Å²) in [6.07, 6.45) is 0.967. The Morgan fingerprint density at radius 2 is 1.94 bits per heavy atom. The number of allylic oxidation sites excluding steroid dienone is 3. The van der Waals surface area contributed by atoms with Gasteiger partial charge in [-0.3, -0.25) is 19.8 Å². The Kier molecular flexibility index (Phi) is 5.23. The fourth-order valence-corrected chi connectivity index (χ4v) is 5.84. The lowest BCUT2D eigenvalue weighted by Gasteiger charge is -2.43. The van der Waals surface area contributed by atoms with Crippen LogP contribution in [0.1, 0.15) is 37.5 Å². The summed E-state index contributed by atoms with van der Waals surface area (Å²) < 4.78 is 0.905. The lowest BCUT2D eigenvalue weighted by atomic mass is 9.69. The van der Waals surface area contributed by atoms with Crippen LogP contribution in [0.5, 0.6) is 0 Å². The molecule has 31 heavy (non-hydrogen) atoms. The van der Waals surface area contributed by atoms with Gasteiger partial charge in [0, 0.05) is 40.4 Å². The smallest absolute Gasteiger partial charge is 0.269 e. The zero-order valence-corrected chi connectivity index (χ0v) is 19.3. The Morgan fingerprint density at radius 3 is 2.48 bits per heavy atom. The van der Waals surface area contributed by atoms with Crippen LogP contribution in [0.2, 0.25) is 0 Å². The normalized spacial score (nSPS) is 20.5. The molecule has 0 spiro atoms. The Morgan fingerprint density at radius 1 is 1.26 bits per heavy atom. The summed E-state index contributed by atoms with van der Waals surface area (Å²) in [5.41, 5.74) is 8.44. The molecule has 0 saturated carbocycles. The van der Waals surface area contributed by atoms with Gasteiger partial charge in [0.2, 0.25) is 0 Å². The zero-order chi connectivity index (χ0) is 22.5. The van der Waals surface area contributed by atoms with Gasteiger partial charge in [-0.15, -0.1) is 11.3 Å². The van der Waals surface area contributed by atoms with Crippen LogP contribution in [-0.2, 0) is 4.79 Å². The Balaban J connectivity index is 1.96. The van der Waals surface area contributed by atoms with Crippen molar-refractivity contribution in [1.82, 2.24) is 0 Å². The maximum absolute atomic E-state index is 13.4. The predicted molar refractivity (Wildman–Crippen MR) is 122 cm³/mol. The predicted octanol–water partition coefficient (Wildman–Crippen LogP) is 5.36. The largest absolute Gasteiger partial charge is 0.384 e. The molecule has 2 aromatic rings. The molecule has 2 aliphatic rings. The summed E-state index contributed by atoms with van der Waals surface area (Å²) in [4.78, 5) is 26.6. The fraction of sp³-hybridized carbons (Fsp3) is 0.273. The van der Waals surface area contributed by atoms with Gasteiger partial charge in [0.25, 0.3) is 5.69 Å². The van der Waals surface area contributed by atoms with Gasteiger partial charge in [0.15, 0.2) is 5.78 Å². The number of hydrogen-bond acceptors (Lipinski definition) is 7. The molecule has 0 amide bonds. The molecule has 1 aromatic carbocycles. The van der Waals surface area contributed by atoms with E-state index >= 15 is 0 Å². The molecule has 1 atom stereocenters. The third-order valence-corrected chi connectivity index (χ3v) is 7.27. The summed E-state index contributed by atoms with van der Waals surface area (Å²) >= 11 is 4.94. The monoisotopic (exact) mass is 498 g/mol. The number of Topliss-reactive ketones (excluding diaryl/α,β-unsaturated/α-hetero) is 1. The third-order valence-electron chi connectivity index (χ3n) is 5.58. The first-order chi connectivity index (χ1) is 14.6. The van der Waals surface area contributed by atoms with E-state index in [1.165, 1.54) is 23.5 Å². The topological polar surface area (TPSA) is 113 Å². The number of rotatable bonds is 3. The van der Waals surface area contributed by atoms with E-state index in [0.717, 1.165) is 14.4 Å². The van der Waals surface area contributed by atoms with Crippen molar-refractivity contribution in [3.8, 4) is 6.07 Å². The highest BCUT2D eigenvalue weighted by Gasteiger charge is 2.45. The number of carbonyl (C=O) groups excluding carboxylic acids is 1. The van der Waals surface area contributed by atoms with Gasteiger partial charge in [-0.1, -0.05) is 13.8 Å². The number of anilines is 1. The molecule has 9 heteroatoms. The fourth-order valence-electron chi connectivity index (χ4n) is 4.30. The summed E-state index contributed by atoms with van der Waals surface area (Å²) in [6.45, 7) is 4.05. The molecule has 7 nitrogen and oxygen atoms in total. The van der Waals surface area contributed by atoms with E-state index < -0.39 is 10.8 Å². The number of halogens is 1. The Hall–Kier alpha value is -2.96. The number of thiophene rings is 1. The van der Waals surface area contributed by atoms with Crippen molar-refractivity contribution in [2.24, 2.45) is 11.1 Å². The number of benzene rings is 1. The van der Waals surface area contributed by atoms with Crippen molar-refractivity contribution < 1.29 is 9.72 Å². The number of ketones is 1. The number of nitro groups is 1. The number of nitrogens with zero attached hydrogens (tertiary/aromatic N) is 3. The highest BCUT2D eigenvalue weighted by molar-refractivity contribution is 9.11. The third kappa shape index (κ3) is 3.66. The number of nitro benzene ring substituents is 1. The summed E-state index contributed by atoms with van der Waals surface area (Å²) in [6, 6.07) is 12.0. The number of nitrogens with two attached hydrogens (primary N) is 1. The van der Waals surface area contributed by atoms with Crippen molar-refractivity contribution in [2.75, 3.05) is 4.90 Å². The molecular formula is C22H19BrN4O3S. The molecule has 0 bridgehead atoms. The molecule has 1 aliphatic carbocycles. The molecule has 1 aromatic heterocycles. The lowest BCUT2D eigenvalue weighted by Crippen LogP contribution is -2.42. The van der Waals surface area contributed by atoms with Gasteiger partial charge in [-0.05, 0) is 52.0 Å². The lowest BCUT2D eigenvalue weighted by molar-refractivity contribution is -0.384. The average Bonchev–Trinajstić information content (AvgIpc) is 3.12. The molecule has 0 unspecified atom stereocenters. The van der Waals surface area contributed by atoms with E-state index in [9.17, 15) is 20.2 Å². The van der Waals surface area contributed by atoms with E-state index in [1.807, 2.05) is 26.0 Å². The van der Waals surface area contributed by atoms with Crippen LogP contribution in [0.25, 0.3) is 0 Å². The van der Waals surface area contributed by atoms with Gasteiger partial charge >= 0.3 is 0 Å². The van der Waals surface area contributed by atoms with Crippen LogP contribution in [0.4, 0.5) is 11.4 Å². The number of nitriles is 1. The Bertz CT molecular complexity index is 1200. The second kappa shape index (κ2) is 7.62. The average molecular weight is 499 g/mol. The van der Waals surface area contributed by atoms with E-state index in [1.54, 1.807) is 17.0 Å². The second-order valence-electron chi connectivity index (χ2n) is 8.40. The summed E-state index contributed by atoms with van der Waals surface area (Å²) in [7, 11) is 0. The van der Waals surface area contributed by atoms with Crippen LogP contribution in [0.15, 0.2) is 62.8 Å². The highest BCUT2D eigenvalue weighted by atomic mass is 79.9. The van der Waals surface area contributed by atoms with Crippen LogP contribution < -0.4 is 10.6 Å². The quantitative estimate of drug-likeness (QED) is 0.449. The van der Waals surface area contributed by atoms with Crippen molar-refractivity contribution in [3.63, 3.8) is 0 Å². The van der Waals surface area contributed by atoms with Crippen molar-refractivity contribution in [3.05, 3.63) is 77.8 Å². The molecule has 2 heterocycles. The SMILES string of the molecule is CC1(C)CC(=O)C2=C(C1)N(c1ccc([N+](=O)[O-])cc1)C(N)=C(C#N)[C@@H]2c1ccc(Br)s1. The van der Waals surface area contributed by atoms with Crippen molar-refractivity contribution in [2.45, 2.75) is 32.6 Å². The van der Waals surface area contributed by atoms with Gasteiger partial charge in [-0.25, -0.2) is 0 Å². The zero-order valence-electron chi connectivity index (χ0n) is 16.9. The van der Waals surface area contributed by atoms with Crippen LogP contribution >= 0.6 is 27.3 Å². The first-order valence-corrected chi connectivity index (χ1v) is 11.2. The first-order valence-electron chi connectivity index (χ1n) is 9.59. The molecule has 158 valence electrons. The van der Waals surface area contributed by atoms with Gasteiger partial charge in [0.1, 0.15) is 5.82 Å². The molecule has 4 rings (SSSR count). The van der Waals surface area contributed by atoms with Crippen molar-refractivity contribution >= 4 is 44.4 Å². The molecule has 2 N–H and O–H groups in total. The van der Waals surface area contributed by atoms with E-state index in [-0.39, 0.29) is 22.7 Å². The van der Waals surface area contributed by atoms with Crippen molar-refractivity contribution in [1.29, 1.82) is 5.26 Å². The maximum Gasteiger partial charge on any atom is 0.269 e. The number of hydrogen-bond donors (Lipinski definition) is 1. The molecule has 0 radical (unpaired) electrons.